The molecule has 1 aliphatic rings. The molecule has 10 heteroatoms. The van der Waals surface area contributed by atoms with Crippen LogP contribution in [0.3, 0.4) is 0 Å². The van der Waals surface area contributed by atoms with E-state index in [2.05, 4.69) is 27.6 Å². The van der Waals surface area contributed by atoms with E-state index in [1.807, 2.05) is 41.3 Å². The lowest BCUT2D eigenvalue weighted by Gasteiger charge is -2.31. The van der Waals surface area contributed by atoms with E-state index in [4.69, 9.17) is 9.72 Å². The monoisotopic (exact) mass is 497 g/mol. The molecule has 3 heterocycles. The fourth-order valence-corrected chi connectivity index (χ4v) is 6.63. The number of likely N-dealkylation sites (tertiary alicyclic amines) is 1. The molecule has 170 valence electrons. The fraction of sp³-hybridized carbons (Fsp3) is 0.304. The average Bonchev–Trinajstić information content (AvgIpc) is 3.50. The number of carbonyl (C=O) groups is 1. The summed E-state index contributed by atoms with van der Waals surface area (Å²) in [6.45, 7) is 1.54. The van der Waals surface area contributed by atoms with E-state index >= 15 is 0 Å². The molecule has 1 atom stereocenters. The number of aromatic nitrogens is 3. The predicted molar refractivity (Wildman–Crippen MR) is 135 cm³/mol. The molecule has 0 saturated carbocycles. The predicted octanol–water partition coefficient (Wildman–Crippen LogP) is 5.40. The summed E-state index contributed by atoms with van der Waals surface area (Å²) in [7, 11) is 1.63. The molecule has 0 bridgehead atoms. The molecule has 2 aromatic heterocycles. The minimum absolute atomic E-state index is 0.139. The second kappa shape index (κ2) is 10.1. The normalized spacial score (nSPS) is 16.2. The third-order valence-corrected chi connectivity index (χ3v) is 8.66. The van der Waals surface area contributed by atoms with Gasteiger partial charge in [0, 0.05) is 19.0 Å². The van der Waals surface area contributed by atoms with Gasteiger partial charge in [-0.1, -0.05) is 47.4 Å². The number of hydrogen-bond donors (Lipinski definition) is 1. The van der Waals surface area contributed by atoms with Crippen LogP contribution in [0.5, 0.6) is 5.75 Å². The molecule has 1 aliphatic heterocycles. The van der Waals surface area contributed by atoms with Crippen LogP contribution < -0.4 is 10.1 Å². The van der Waals surface area contributed by atoms with Crippen molar-refractivity contribution in [1.29, 1.82) is 0 Å². The Kier molecular flexibility index (Phi) is 6.75. The number of carbonyl (C=O) groups excluding carboxylic acids is 1. The zero-order valence-electron chi connectivity index (χ0n) is 18.1. The van der Waals surface area contributed by atoms with Gasteiger partial charge >= 0.3 is 0 Å². The first-order chi connectivity index (χ1) is 16.2. The number of amides is 1. The zero-order chi connectivity index (χ0) is 22.6. The van der Waals surface area contributed by atoms with Crippen LogP contribution in [0.15, 0.2) is 52.9 Å². The molecule has 0 aliphatic carbocycles. The first kappa shape index (κ1) is 22.1. The van der Waals surface area contributed by atoms with E-state index in [0.717, 1.165) is 52.2 Å². The maximum absolute atomic E-state index is 12.9. The van der Waals surface area contributed by atoms with Crippen LogP contribution in [-0.4, -0.2) is 51.9 Å². The Morgan fingerprint density at radius 3 is 2.91 bits per heavy atom. The van der Waals surface area contributed by atoms with E-state index in [9.17, 15) is 4.79 Å². The first-order valence-electron chi connectivity index (χ1n) is 10.7. The summed E-state index contributed by atoms with van der Waals surface area (Å²) >= 11 is 4.61. The summed E-state index contributed by atoms with van der Waals surface area (Å²) in [5.74, 6) is 1.55. The van der Waals surface area contributed by atoms with Crippen LogP contribution in [0, 0.1) is 0 Å². The van der Waals surface area contributed by atoms with Crippen molar-refractivity contribution < 1.29 is 9.53 Å². The molecule has 33 heavy (non-hydrogen) atoms. The first-order valence-corrected chi connectivity index (χ1v) is 13.3. The van der Waals surface area contributed by atoms with Crippen molar-refractivity contribution in [3.63, 3.8) is 0 Å². The van der Waals surface area contributed by atoms with E-state index in [1.165, 1.54) is 27.8 Å². The van der Waals surface area contributed by atoms with Crippen molar-refractivity contribution in [1.82, 2.24) is 20.1 Å². The molecular weight excluding hydrogens is 474 g/mol. The Balaban J connectivity index is 1.17. The largest absolute Gasteiger partial charge is 0.495 e. The number of rotatable bonds is 7. The number of fused-ring (bicyclic) bond motifs is 1. The number of para-hydroxylation sites is 3. The average molecular weight is 498 g/mol. The van der Waals surface area contributed by atoms with Crippen molar-refractivity contribution in [2.24, 2.45) is 0 Å². The van der Waals surface area contributed by atoms with Crippen LogP contribution in [0.1, 0.15) is 23.8 Å². The topological polar surface area (TPSA) is 80.2 Å². The Hall–Kier alpha value is -2.69. The number of methoxy groups -OCH3 is 1. The van der Waals surface area contributed by atoms with Crippen molar-refractivity contribution in [3.05, 3.63) is 53.5 Å². The van der Waals surface area contributed by atoms with Gasteiger partial charge in [-0.25, -0.2) is 4.98 Å². The number of thiazole rings is 1. The van der Waals surface area contributed by atoms with Crippen LogP contribution in [-0.2, 0) is 4.79 Å². The number of piperidine rings is 1. The maximum Gasteiger partial charge on any atom is 0.233 e. The van der Waals surface area contributed by atoms with E-state index < -0.39 is 0 Å². The standard InChI is InChI=1S/C23H23N5O2S3/c1-30-18-10-4-2-8-16(18)25-22-26-27-23(33-22)31-14-20(29)28-12-6-7-15(13-28)21-24-17-9-3-5-11-19(17)32-21/h2-5,8-11,15H,6-7,12-14H2,1H3,(H,25,26). The van der Waals surface area contributed by atoms with Gasteiger partial charge in [0.2, 0.25) is 11.0 Å². The summed E-state index contributed by atoms with van der Waals surface area (Å²) in [4.78, 5) is 19.7. The number of thioether (sulfide) groups is 1. The van der Waals surface area contributed by atoms with Gasteiger partial charge in [-0.3, -0.25) is 4.79 Å². The highest BCUT2D eigenvalue weighted by Crippen LogP contribution is 2.34. The number of nitrogens with zero attached hydrogens (tertiary/aromatic N) is 4. The Morgan fingerprint density at radius 1 is 1.18 bits per heavy atom. The summed E-state index contributed by atoms with van der Waals surface area (Å²) in [6.07, 6.45) is 2.08. The SMILES string of the molecule is COc1ccccc1Nc1nnc(SCC(=O)N2CCCC(c3nc4ccccc4s3)C2)s1. The van der Waals surface area contributed by atoms with Gasteiger partial charge in [0.15, 0.2) is 4.34 Å². The molecule has 7 nitrogen and oxygen atoms in total. The highest BCUT2D eigenvalue weighted by atomic mass is 32.2. The minimum atomic E-state index is 0.139. The highest BCUT2D eigenvalue weighted by molar-refractivity contribution is 8.01. The lowest BCUT2D eigenvalue weighted by Crippen LogP contribution is -2.40. The molecule has 5 rings (SSSR count). The van der Waals surface area contributed by atoms with E-state index in [-0.39, 0.29) is 5.91 Å². The number of hydrogen-bond acceptors (Lipinski definition) is 9. The zero-order valence-corrected chi connectivity index (χ0v) is 20.5. The molecule has 0 radical (unpaired) electrons. The van der Waals surface area contributed by atoms with Gasteiger partial charge in [0.05, 0.1) is 33.8 Å². The molecule has 4 aromatic rings. The number of ether oxygens (including phenoxy) is 1. The number of benzene rings is 2. The molecule has 1 amide bonds. The molecule has 0 spiro atoms. The van der Waals surface area contributed by atoms with Crippen LogP contribution in [0.2, 0.25) is 0 Å². The Bertz CT molecular complexity index is 1220. The minimum Gasteiger partial charge on any atom is -0.495 e. The Labute approximate surface area is 204 Å². The molecular formula is C23H23N5O2S3. The van der Waals surface area contributed by atoms with E-state index in [1.54, 1.807) is 18.4 Å². The fourth-order valence-electron chi connectivity index (χ4n) is 3.87. The van der Waals surface area contributed by atoms with Crippen LogP contribution >= 0.6 is 34.4 Å². The number of nitrogens with one attached hydrogen (secondary N) is 1. The molecule has 1 saturated heterocycles. The van der Waals surface area contributed by atoms with Gasteiger partial charge in [-0.15, -0.1) is 21.5 Å². The number of anilines is 2. The third kappa shape index (κ3) is 5.13. The second-order valence-electron chi connectivity index (χ2n) is 7.69. The van der Waals surface area contributed by atoms with Gasteiger partial charge in [0.25, 0.3) is 0 Å². The molecule has 2 aromatic carbocycles. The van der Waals surface area contributed by atoms with Crippen molar-refractivity contribution in [3.8, 4) is 5.75 Å². The molecule has 1 unspecified atom stereocenters. The smallest absolute Gasteiger partial charge is 0.233 e. The van der Waals surface area contributed by atoms with Crippen LogP contribution in [0.25, 0.3) is 10.2 Å². The molecule has 1 fully saturated rings. The van der Waals surface area contributed by atoms with Crippen molar-refractivity contribution >= 4 is 61.4 Å². The van der Waals surface area contributed by atoms with Gasteiger partial charge in [-0.05, 0) is 37.1 Å². The summed E-state index contributed by atoms with van der Waals surface area (Å²) in [5.41, 5.74) is 1.88. The van der Waals surface area contributed by atoms with Crippen LogP contribution in [0.4, 0.5) is 10.8 Å². The second-order valence-corrected chi connectivity index (χ2v) is 10.9. The lowest BCUT2D eigenvalue weighted by atomic mass is 9.99. The Morgan fingerprint density at radius 2 is 2.03 bits per heavy atom. The highest BCUT2D eigenvalue weighted by Gasteiger charge is 2.27. The third-order valence-electron chi connectivity index (χ3n) is 5.51. The molecule has 1 N–H and O–H groups in total. The van der Waals surface area contributed by atoms with Crippen molar-refractivity contribution in [2.45, 2.75) is 23.1 Å². The van der Waals surface area contributed by atoms with E-state index in [0.29, 0.717) is 16.8 Å². The van der Waals surface area contributed by atoms with Gasteiger partial charge in [-0.2, -0.15) is 0 Å². The quantitative estimate of drug-likeness (QED) is 0.343. The van der Waals surface area contributed by atoms with Crippen molar-refractivity contribution in [2.75, 3.05) is 31.3 Å². The summed E-state index contributed by atoms with van der Waals surface area (Å²) in [6, 6.07) is 15.9. The van der Waals surface area contributed by atoms with Gasteiger partial charge < -0.3 is 15.0 Å². The van der Waals surface area contributed by atoms with Gasteiger partial charge in [0.1, 0.15) is 5.75 Å². The lowest BCUT2D eigenvalue weighted by molar-refractivity contribution is -0.129. The summed E-state index contributed by atoms with van der Waals surface area (Å²) in [5, 5.41) is 13.5. The maximum atomic E-state index is 12.9. The summed E-state index contributed by atoms with van der Waals surface area (Å²) < 4.78 is 7.34.